The van der Waals surface area contributed by atoms with Crippen LogP contribution in [0.2, 0.25) is 0 Å². The third-order valence-corrected chi connectivity index (χ3v) is 6.39. The Labute approximate surface area is 181 Å². The van der Waals surface area contributed by atoms with Gasteiger partial charge in [0.25, 0.3) is 0 Å². The lowest BCUT2D eigenvalue weighted by molar-refractivity contribution is -0.121. The van der Waals surface area contributed by atoms with Gasteiger partial charge < -0.3 is 10.2 Å². The summed E-state index contributed by atoms with van der Waals surface area (Å²) in [6.07, 6.45) is 0.347. The maximum atomic E-state index is 13.2. The first-order valence-corrected chi connectivity index (χ1v) is 10.9. The SMILES string of the molecule is Cc1cc(C)cc(NC(=O)CN2C(=O)C[C@H](c3ccccc3)Sc3ccccc32)c1. The van der Waals surface area contributed by atoms with Crippen LogP contribution in [0, 0.1) is 13.8 Å². The molecule has 0 aliphatic carbocycles. The van der Waals surface area contributed by atoms with Crippen LogP contribution in [0.1, 0.15) is 28.4 Å². The number of para-hydroxylation sites is 1. The van der Waals surface area contributed by atoms with Gasteiger partial charge in [-0.25, -0.2) is 0 Å². The van der Waals surface area contributed by atoms with E-state index < -0.39 is 0 Å². The molecule has 3 aromatic rings. The molecule has 0 aromatic heterocycles. The van der Waals surface area contributed by atoms with Crippen molar-refractivity contribution in [3.8, 4) is 0 Å². The number of hydrogen-bond acceptors (Lipinski definition) is 3. The fourth-order valence-electron chi connectivity index (χ4n) is 3.80. The van der Waals surface area contributed by atoms with E-state index in [1.807, 2.05) is 68.4 Å². The molecule has 1 aliphatic heterocycles. The van der Waals surface area contributed by atoms with Crippen LogP contribution in [-0.4, -0.2) is 18.4 Å². The number of aryl methyl sites for hydroxylation is 2. The van der Waals surface area contributed by atoms with E-state index in [0.29, 0.717) is 6.42 Å². The monoisotopic (exact) mass is 416 g/mol. The van der Waals surface area contributed by atoms with Crippen molar-refractivity contribution in [2.75, 3.05) is 16.8 Å². The van der Waals surface area contributed by atoms with Crippen LogP contribution in [-0.2, 0) is 9.59 Å². The molecule has 30 heavy (non-hydrogen) atoms. The van der Waals surface area contributed by atoms with E-state index in [1.165, 1.54) is 0 Å². The predicted octanol–water partition coefficient (Wildman–Crippen LogP) is 5.51. The van der Waals surface area contributed by atoms with Crippen molar-refractivity contribution >= 4 is 35.0 Å². The standard InChI is InChI=1S/C25H24N2O2S/c1-17-12-18(2)14-20(13-17)26-24(28)16-27-21-10-6-7-11-22(21)30-23(15-25(27)29)19-8-4-3-5-9-19/h3-14,23H,15-16H2,1-2H3,(H,26,28)/t23-/m1/s1. The number of hydrogen-bond donors (Lipinski definition) is 1. The zero-order valence-corrected chi connectivity index (χ0v) is 17.9. The van der Waals surface area contributed by atoms with Crippen LogP contribution >= 0.6 is 11.8 Å². The Morgan fingerprint density at radius 1 is 1.00 bits per heavy atom. The Kier molecular flexibility index (Phi) is 5.91. The molecule has 0 spiro atoms. The van der Waals surface area contributed by atoms with Gasteiger partial charge in [-0.2, -0.15) is 0 Å². The third kappa shape index (κ3) is 4.57. The van der Waals surface area contributed by atoms with Gasteiger partial charge in [0.2, 0.25) is 11.8 Å². The maximum absolute atomic E-state index is 13.2. The van der Waals surface area contributed by atoms with Crippen molar-refractivity contribution in [2.24, 2.45) is 0 Å². The average molecular weight is 417 g/mol. The topological polar surface area (TPSA) is 49.4 Å². The summed E-state index contributed by atoms with van der Waals surface area (Å²) in [6.45, 7) is 3.99. The first-order chi connectivity index (χ1) is 14.5. The van der Waals surface area contributed by atoms with Crippen molar-refractivity contribution in [1.29, 1.82) is 0 Å². The lowest BCUT2D eigenvalue weighted by Crippen LogP contribution is -2.38. The molecule has 1 heterocycles. The second-order valence-electron chi connectivity index (χ2n) is 7.59. The second-order valence-corrected chi connectivity index (χ2v) is 8.84. The highest BCUT2D eigenvalue weighted by Crippen LogP contribution is 2.45. The van der Waals surface area contributed by atoms with Crippen LogP contribution in [0.25, 0.3) is 0 Å². The molecule has 1 N–H and O–H groups in total. The molecule has 1 atom stereocenters. The van der Waals surface area contributed by atoms with E-state index in [2.05, 4.69) is 23.5 Å². The fraction of sp³-hybridized carbons (Fsp3) is 0.200. The van der Waals surface area contributed by atoms with Gasteiger partial charge in [0.05, 0.1) is 5.69 Å². The Morgan fingerprint density at radius 3 is 2.40 bits per heavy atom. The highest BCUT2D eigenvalue weighted by atomic mass is 32.2. The summed E-state index contributed by atoms with van der Waals surface area (Å²) in [4.78, 5) is 28.6. The summed E-state index contributed by atoms with van der Waals surface area (Å²) in [7, 11) is 0. The number of amides is 2. The van der Waals surface area contributed by atoms with Crippen molar-refractivity contribution in [2.45, 2.75) is 30.4 Å². The molecule has 0 bridgehead atoms. The van der Waals surface area contributed by atoms with Crippen LogP contribution in [0.5, 0.6) is 0 Å². The number of nitrogens with one attached hydrogen (secondary N) is 1. The maximum Gasteiger partial charge on any atom is 0.244 e. The van der Waals surface area contributed by atoms with Crippen molar-refractivity contribution in [1.82, 2.24) is 0 Å². The van der Waals surface area contributed by atoms with E-state index in [0.717, 1.165) is 33.0 Å². The van der Waals surface area contributed by atoms with Crippen LogP contribution < -0.4 is 10.2 Å². The Bertz CT molecular complexity index is 1060. The van der Waals surface area contributed by atoms with E-state index in [9.17, 15) is 9.59 Å². The van der Waals surface area contributed by atoms with Crippen molar-refractivity contribution in [3.63, 3.8) is 0 Å². The molecule has 0 saturated carbocycles. The molecule has 5 heteroatoms. The number of benzene rings is 3. The lowest BCUT2D eigenvalue weighted by atomic mass is 10.1. The minimum Gasteiger partial charge on any atom is -0.325 e. The smallest absolute Gasteiger partial charge is 0.244 e. The molecule has 152 valence electrons. The molecule has 0 saturated heterocycles. The molecule has 0 unspecified atom stereocenters. The summed E-state index contributed by atoms with van der Waals surface area (Å²) in [6, 6.07) is 23.8. The quantitative estimate of drug-likeness (QED) is 0.610. The molecule has 4 nitrogen and oxygen atoms in total. The molecular formula is C25H24N2O2S. The number of nitrogens with zero attached hydrogens (tertiary/aromatic N) is 1. The van der Waals surface area contributed by atoms with Gasteiger partial charge in [0.15, 0.2) is 0 Å². The van der Waals surface area contributed by atoms with Gasteiger partial charge in [-0.05, 0) is 54.8 Å². The fourth-order valence-corrected chi connectivity index (χ4v) is 5.08. The summed E-state index contributed by atoms with van der Waals surface area (Å²) < 4.78 is 0. The first kappa shape index (κ1) is 20.2. The van der Waals surface area contributed by atoms with E-state index in [1.54, 1.807) is 16.7 Å². The third-order valence-electron chi connectivity index (χ3n) is 5.06. The van der Waals surface area contributed by atoms with Gasteiger partial charge in [-0.3, -0.25) is 9.59 Å². The minimum absolute atomic E-state index is 0.00902. The molecule has 1 aliphatic rings. The Balaban J connectivity index is 1.58. The van der Waals surface area contributed by atoms with Gasteiger partial charge in [-0.15, -0.1) is 11.8 Å². The normalized spacial score (nSPS) is 16.0. The average Bonchev–Trinajstić information content (AvgIpc) is 2.85. The highest BCUT2D eigenvalue weighted by molar-refractivity contribution is 7.99. The van der Waals surface area contributed by atoms with E-state index in [4.69, 9.17) is 0 Å². The summed E-state index contributed by atoms with van der Waals surface area (Å²) in [5.74, 6) is -0.247. The van der Waals surface area contributed by atoms with Gasteiger partial charge in [-0.1, -0.05) is 48.5 Å². The van der Waals surface area contributed by atoms with Gasteiger partial charge in [0.1, 0.15) is 6.54 Å². The zero-order chi connectivity index (χ0) is 21.1. The molecule has 2 amide bonds. The molecule has 0 fully saturated rings. The van der Waals surface area contributed by atoms with Crippen molar-refractivity contribution in [3.05, 3.63) is 89.5 Å². The van der Waals surface area contributed by atoms with E-state index in [-0.39, 0.29) is 23.6 Å². The summed E-state index contributed by atoms with van der Waals surface area (Å²) in [5.41, 5.74) is 4.84. The molecule has 0 radical (unpaired) electrons. The van der Waals surface area contributed by atoms with Gasteiger partial charge >= 0.3 is 0 Å². The highest BCUT2D eigenvalue weighted by Gasteiger charge is 2.30. The van der Waals surface area contributed by atoms with Crippen LogP contribution in [0.3, 0.4) is 0 Å². The largest absolute Gasteiger partial charge is 0.325 e. The van der Waals surface area contributed by atoms with E-state index >= 15 is 0 Å². The number of fused-ring (bicyclic) bond motifs is 1. The number of thioether (sulfide) groups is 1. The van der Waals surface area contributed by atoms with Crippen molar-refractivity contribution < 1.29 is 9.59 Å². The van der Waals surface area contributed by atoms with Gasteiger partial charge in [0, 0.05) is 22.3 Å². The Morgan fingerprint density at radius 2 is 1.67 bits per heavy atom. The molecular weight excluding hydrogens is 392 g/mol. The summed E-state index contributed by atoms with van der Waals surface area (Å²) in [5, 5.41) is 2.97. The lowest BCUT2D eigenvalue weighted by Gasteiger charge is -2.22. The number of carbonyl (C=O) groups excluding carboxylic acids is 2. The Hall–Kier alpha value is -3.05. The van der Waals surface area contributed by atoms with Crippen LogP contribution in [0.15, 0.2) is 77.7 Å². The number of rotatable bonds is 4. The summed E-state index contributed by atoms with van der Waals surface area (Å²) >= 11 is 1.68. The predicted molar refractivity (Wildman–Crippen MR) is 123 cm³/mol. The first-order valence-electron chi connectivity index (χ1n) is 9.99. The molecule has 3 aromatic carbocycles. The molecule has 4 rings (SSSR count). The number of carbonyl (C=O) groups is 2. The van der Waals surface area contributed by atoms with Crippen LogP contribution in [0.4, 0.5) is 11.4 Å². The second kappa shape index (κ2) is 8.76. The zero-order valence-electron chi connectivity index (χ0n) is 17.1. The number of anilines is 2. The minimum atomic E-state index is -0.202.